The van der Waals surface area contributed by atoms with Crippen LogP contribution in [0.25, 0.3) is 11.0 Å². The highest BCUT2D eigenvalue weighted by molar-refractivity contribution is 6.04. The van der Waals surface area contributed by atoms with Crippen LogP contribution >= 0.6 is 0 Å². The number of amides is 2. The van der Waals surface area contributed by atoms with Crippen molar-refractivity contribution in [3.63, 3.8) is 0 Å². The maximum Gasteiger partial charge on any atom is 0.573 e. The quantitative estimate of drug-likeness (QED) is 0.380. The van der Waals surface area contributed by atoms with Crippen LogP contribution in [0, 0.1) is 0 Å². The molecule has 1 aliphatic heterocycles. The van der Waals surface area contributed by atoms with Crippen molar-refractivity contribution in [1.29, 1.82) is 0 Å². The zero-order valence-corrected chi connectivity index (χ0v) is 18.4. The molecule has 2 amide bonds. The number of halogens is 3. The summed E-state index contributed by atoms with van der Waals surface area (Å²) >= 11 is 0. The van der Waals surface area contributed by atoms with Gasteiger partial charge in [0, 0.05) is 17.8 Å². The maximum absolute atomic E-state index is 12.8. The van der Waals surface area contributed by atoms with Crippen LogP contribution in [0.4, 0.5) is 23.7 Å². The highest BCUT2D eigenvalue weighted by Gasteiger charge is 2.31. The zero-order valence-electron chi connectivity index (χ0n) is 18.4. The van der Waals surface area contributed by atoms with Crippen LogP contribution in [0.2, 0.25) is 0 Å². The highest BCUT2D eigenvalue weighted by atomic mass is 19.4. The van der Waals surface area contributed by atoms with Gasteiger partial charge in [0.1, 0.15) is 23.4 Å². The van der Waals surface area contributed by atoms with E-state index in [0.29, 0.717) is 46.5 Å². The van der Waals surface area contributed by atoms with Gasteiger partial charge in [0.05, 0.1) is 12.2 Å². The van der Waals surface area contributed by atoms with E-state index in [2.05, 4.69) is 35.7 Å². The molecule has 4 aromatic rings. The first-order valence-electron chi connectivity index (χ1n) is 10.7. The number of alkyl halides is 3. The first-order chi connectivity index (χ1) is 17.2. The summed E-state index contributed by atoms with van der Waals surface area (Å²) in [6.45, 7) is 0.341. The predicted octanol–water partition coefficient (Wildman–Crippen LogP) is 3.53. The molecule has 186 valence electrons. The van der Waals surface area contributed by atoms with Gasteiger partial charge in [-0.3, -0.25) is 9.89 Å². The Balaban J connectivity index is 1.17. The number of carbonyl (C=O) groups is 2. The van der Waals surface area contributed by atoms with E-state index in [0.717, 1.165) is 12.1 Å². The summed E-state index contributed by atoms with van der Waals surface area (Å²) in [5, 5.41) is 20.2. The van der Waals surface area contributed by atoms with E-state index in [9.17, 15) is 22.8 Å². The number of H-pyrrole nitrogens is 2. The summed E-state index contributed by atoms with van der Waals surface area (Å²) in [6, 6.07) is 10.2. The van der Waals surface area contributed by atoms with Crippen LogP contribution in [0.5, 0.6) is 5.75 Å². The minimum atomic E-state index is -4.78. The van der Waals surface area contributed by atoms with Gasteiger partial charge in [0.15, 0.2) is 5.69 Å². The second kappa shape index (κ2) is 9.20. The Labute approximate surface area is 200 Å². The molecule has 14 heteroatoms. The summed E-state index contributed by atoms with van der Waals surface area (Å²) in [4.78, 5) is 26.7. The Morgan fingerprint density at radius 3 is 2.61 bits per heavy atom. The normalized spacial score (nSPS) is 13.4. The first-order valence-corrected chi connectivity index (χ1v) is 10.7. The summed E-state index contributed by atoms with van der Waals surface area (Å²) < 4.78 is 45.9. The fourth-order valence-electron chi connectivity index (χ4n) is 3.79. The Morgan fingerprint density at radius 1 is 1.06 bits per heavy atom. The van der Waals surface area contributed by atoms with Gasteiger partial charge in [-0.15, -0.1) is 13.2 Å². The van der Waals surface area contributed by atoms with Crippen molar-refractivity contribution in [2.45, 2.75) is 25.9 Å². The van der Waals surface area contributed by atoms with Gasteiger partial charge in [-0.05, 0) is 42.3 Å². The van der Waals surface area contributed by atoms with Crippen molar-refractivity contribution in [1.82, 2.24) is 30.5 Å². The number of aromatic amines is 2. The number of benzene rings is 2. The molecule has 0 bridgehead atoms. The summed E-state index contributed by atoms with van der Waals surface area (Å²) in [5.41, 5.74) is 3.88. The van der Waals surface area contributed by atoms with Crippen LogP contribution in [-0.4, -0.2) is 55.4 Å². The monoisotopic (exact) mass is 501 g/mol. The van der Waals surface area contributed by atoms with Gasteiger partial charge in [0.2, 0.25) is 0 Å². The molecule has 1 aliphatic rings. The second-order valence-corrected chi connectivity index (χ2v) is 7.93. The van der Waals surface area contributed by atoms with E-state index in [1.807, 2.05) is 0 Å². The molecule has 2 aromatic carbocycles. The molecule has 0 unspecified atom stereocenters. The van der Waals surface area contributed by atoms with Gasteiger partial charge in [-0.25, -0.2) is 4.79 Å². The van der Waals surface area contributed by atoms with Crippen molar-refractivity contribution in [2.75, 3.05) is 11.9 Å². The molecule has 3 heterocycles. The van der Waals surface area contributed by atoms with Gasteiger partial charge >= 0.3 is 12.5 Å². The van der Waals surface area contributed by atoms with E-state index in [4.69, 9.17) is 4.74 Å². The lowest BCUT2D eigenvalue weighted by Gasteiger charge is -2.26. The number of nitrogens with zero attached hydrogens (tertiary/aromatic N) is 4. The Hall–Kier alpha value is -4.62. The van der Waals surface area contributed by atoms with Crippen LogP contribution in [-0.2, 0) is 24.3 Å². The molecule has 3 N–H and O–H groups in total. The smallest absolute Gasteiger partial charge is 0.445 e. The average Bonchev–Trinajstić information content (AvgIpc) is 3.48. The highest BCUT2D eigenvalue weighted by Crippen LogP contribution is 2.24. The number of anilines is 1. The van der Waals surface area contributed by atoms with E-state index in [1.54, 1.807) is 18.2 Å². The Morgan fingerprint density at radius 2 is 1.83 bits per heavy atom. The summed E-state index contributed by atoms with van der Waals surface area (Å²) in [6.07, 6.45) is -4.99. The Bertz CT molecular complexity index is 1420. The van der Waals surface area contributed by atoms with Crippen LogP contribution in [0.15, 0.2) is 42.5 Å². The molecule has 5 rings (SSSR count). The SMILES string of the molecule is O=C(Nc1ccc2n[nH]nc2c1)c1n[nH]c2c1CCN(C(=O)OCc1ccc(OC(F)(F)F)cc1)C2. The van der Waals surface area contributed by atoms with E-state index in [1.165, 1.54) is 17.0 Å². The standard InChI is InChI=1S/C22H18F3N7O4/c23-22(24,25)36-14-4-1-12(2-5-14)11-35-21(34)32-8-7-15-18(10-32)27-30-19(15)20(33)26-13-3-6-16-17(9-13)29-31-28-16/h1-6,9H,7-8,10-11H2,(H,26,33)(H,27,30)(H,28,29,31). The number of carbonyl (C=O) groups excluding carboxylic acids is 2. The zero-order chi connectivity index (χ0) is 25.3. The van der Waals surface area contributed by atoms with E-state index < -0.39 is 18.4 Å². The van der Waals surface area contributed by atoms with E-state index in [-0.39, 0.29) is 24.6 Å². The lowest BCUT2D eigenvalue weighted by Crippen LogP contribution is -2.36. The van der Waals surface area contributed by atoms with Crippen LogP contribution < -0.4 is 10.1 Å². The molecule has 0 radical (unpaired) electrons. The number of hydrogen-bond acceptors (Lipinski definition) is 7. The molecule has 0 spiro atoms. The average molecular weight is 501 g/mol. The molecular formula is C22H18F3N7O4. The number of aromatic nitrogens is 5. The van der Waals surface area contributed by atoms with Crippen molar-refractivity contribution in [2.24, 2.45) is 0 Å². The molecule has 0 fully saturated rings. The molecule has 2 aromatic heterocycles. The molecule has 0 saturated carbocycles. The minimum Gasteiger partial charge on any atom is -0.445 e. The molecular weight excluding hydrogens is 483 g/mol. The molecule has 0 atom stereocenters. The third kappa shape index (κ3) is 5.06. The Kier molecular flexibility index (Phi) is 5.91. The number of ether oxygens (including phenoxy) is 2. The predicted molar refractivity (Wildman–Crippen MR) is 118 cm³/mol. The van der Waals surface area contributed by atoms with Crippen LogP contribution in [0.1, 0.15) is 27.3 Å². The van der Waals surface area contributed by atoms with Crippen molar-refractivity contribution in [3.8, 4) is 5.75 Å². The summed E-state index contributed by atoms with van der Waals surface area (Å²) in [5.74, 6) is -0.761. The largest absolute Gasteiger partial charge is 0.573 e. The summed E-state index contributed by atoms with van der Waals surface area (Å²) in [7, 11) is 0. The lowest BCUT2D eigenvalue weighted by atomic mass is 10.0. The van der Waals surface area contributed by atoms with Crippen LogP contribution in [0.3, 0.4) is 0 Å². The van der Waals surface area contributed by atoms with Crippen molar-refractivity contribution >= 4 is 28.7 Å². The molecule has 11 nitrogen and oxygen atoms in total. The number of fused-ring (bicyclic) bond motifs is 2. The molecule has 36 heavy (non-hydrogen) atoms. The van der Waals surface area contributed by atoms with Crippen molar-refractivity contribution < 1.29 is 32.2 Å². The molecule has 0 aliphatic carbocycles. The topological polar surface area (TPSA) is 138 Å². The van der Waals surface area contributed by atoms with Gasteiger partial charge < -0.3 is 19.7 Å². The maximum atomic E-state index is 12.8. The third-order valence-electron chi connectivity index (χ3n) is 5.50. The lowest BCUT2D eigenvalue weighted by molar-refractivity contribution is -0.274. The fraction of sp³-hybridized carbons (Fsp3) is 0.227. The molecule has 0 saturated heterocycles. The van der Waals surface area contributed by atoms with Crippen molar-refractivity contribution in [3.05, 3.63) is 65.0 Å². The third-order valence-corrected chi connectivity index (χ3v) is 5.50. The van der Waals surface area contributed by atoms with Gasteiger partial charge in [0.25, 0.3) is 5.91 Å². The first kappa shape index (κ1) is 23.1. The second-order valence-electron chi connectivity index (χ2n) is 7.93. The number of rotatable bonds is 5. The number of nitrogens with one attached hydrogen (secondary N) is 3. The van der Waals surface area contributed by atoms with Gasteiger partial charge in [-0.2, -0.15) is 20.5 Å². The number of hydrogen-bond donors (Lipinski definition) is 3. The fourth-order valence-corrected chi connectivity index (χ4v) is 3.79. The van der Waals surface area contributed by atoms with E-state index >= 15 is 0 Å². The van der Waals surface area contributed by atoms with Gasteiger partial charge in [-0.1, -0.05) is 12.1 Å². The minimum absolute atomic E-state index is 0.124.